The van der Waals surface area contributed by atoms with Crippen molar-refractivity contribution in [3.63, 3.8) is 0 Å². The topological polar surface area (TPSA) is 93.5 Å². The van der Waals surface area contributed by atoms with Gasteiger partial charge in [0.25, 0.3) is 11.6 Å². The first-order valence-electron chi connectivity index (χ1n) is 8.00. The van der Waals surface area contributed by atoms with Gasteiger partial charge in [-0.05, 0) is 36.8 Å². The Bertz CT molecular complexity index is 798. The van der Waals surface area contributed by atoms with Crippen LogP contribution >= 0.6 is 0 Å². The minimum Gasteiger partial charge on any atom is -0.383 e. The number of amides is 1. The molecule has 1 atom stereocenters. The fourth-order valence-corrected chi connectivity index (χ4v) is 2.40. The summed E-state index contributed by atoms with van der Waals surface area (Å²) in [5.41, 5.74) is 0.858. The lowest BCUT2D eigenvalue weighted by atomic mass is 10.1. The number of carbonyl (C=O) groups is 1. The Morgan fingerprint density at radius 1 is 1.31 bits per heavy atom. The Labute approximate surface area is 150 Å². The highest BCUT2D eigenvalue weighted by molar-refractivity contribution is 5.96. The van der Waals surface area contributed by atoms with E-state index in [1.54, 1.807) is 19.1 Å². The maximum atomic E-state index is 13.3. The summed E-state index contributed by atoms with van der Waals surface area (Å²) in [6, 6.07) is 9.63. The van der Waals surface area contributed by atoms with Gasteiger partial charge in [0.15, 0.2) is 0 Å². The molecule has 0 aliphatic heterocycles. The maximum Gasteiger partial charge on any atom is 0.293 e. The largest absolute Gasteiger partial charge is 0.383 e. The van der Waals surface area contributed by atoms with Gasteiger partial charge in [-0.15, -0.1) is 0 Å². The van der Waals surface area contributed by atoms with Crippen molar-refractivity contribution < 1.29 is 18.8 Å². The first-order valence-corrected chi connectivity index (χ1v) is 8.00. The minimum atomic E-state index is -0.554. The lowest BCUT2D eigenvalue weighted by molar-refractivity contribution is -0.384. The average molecular weight is 361 g/mol. The van der Waals surface area contributed by atoms with Crippen LogP contribution in [0, 0.1) is 15.9 Å². The molecule has 138 valence electrons. The van der Waals surface area contributed by atoms with Crippen molar-refractivity contribution in [2.75, 3.05) is 25.6 Å². The summed E-state index contributed by atoms with van der Waals surface area (Å²) in [4.78, 5) is 23.1. The molecular weight excluding hydrogens is 341 g/mol. The van der Waals surface area contributed by atoms with Crippen LogP contribution in [0.15, 0.2) is 42.5 Å². The predicted molar refractivity (Wildman–Crippen MR) is 95.7 cm³/mol. The van der Waals surface area contributed by atoms with Crippen molar-refractivity contribution in [2.45, 2.75) is 13.0 Å². The van der Waals surface area contributed by atoms with E-state index in [1.165, 1.54) is 37.4 Å². The quantitative estimate of drug-likeness (QED) is 0.427. The molecular formula is C18H20FN3O4. The molecule has 0 saturated carbocycles. The highest BCUT2D eigenvalue weighted by Crippen LogP contribution is 2.26. The van der Waals surface area contributed by atoms with Gasteiger partial charge in [-0.3, -0.25) is 14.9 Å². The molecule has 1 unspecified atom stereocenters. The van der Waals surface area contributed by atoms with Crippen LogP contribution in [0.5, 0.6) is 0 Å². The third-order valence-corrected chi connectivity index (χ3v) is 3.77. The molecule has 2 aromatic rings. The number of anilines is 1. The summed E-state index contributed by atoms with van der Waals surface area (Å²) in [6.07, 6.45) is 0. The molecule has 0 aliphatic rings. The van der Waals surface area contributed by atoms with E-state index in [0.717, 1.165) is 0 Å². The number of halogens is 1. The molecule has 2 rings (SSSR count). The average Bonchev–Trinajstić information content (AvgIpc) is 2.61. The number of ether oxygens (including phenoxy) is 1. The third-order valence-electron chi connectivity index (χ3n) is 3.77. The van der Waals surface area contributed by atoms with Crippen molar-refractivity contribution >= 4 is 17.3 Å². The van der Waals surface area contributed by atoms with Crippen molar-refractivity contribution in [3.05, 3.63) is 69.5 Å². The summed E-state index contributed by atoms with van der Waals surface area (Å²) in [6.45, 7) is 2.51. The predicted octanol–water partition coefficient (Wildman–Crippen LogP) is 3.28. The fraction of sp³-hybridized carbons (Fsp3) is 0.278. The SMILES string of the molecule is COCCNc1ccc(C(=O)NC(C)c2cccc(F)c2)cc1[N+](=O)[O-]. The monoisotopic (exact) mass is 361 g/mol. The molecule has 26 heavy (non-hydrogen) atoms. The van der Waals surface area contributed by atoms with E-state index in [1.807, 2.05) is 0 Å². The molecule has 8 heteroatoms. The van der Waals surface area contributed by atoms with Crippen LogP contribution in [-0.4, -0.2) is 31.1 Å². The number of rotatable bonds is 8. The van der Waals surface area contributed by atoms with E-state index in [4.69, 9.17) is 4.74 Å². The molecule has 0 saturated heterocycles. The maximum absolute atomic E-state index is 13.3. The smallest absolute Gasteiger partial charge is 0.293 e. The molecule has 0 bridgehead atoms. The van der Waals surface area contributed by atoms with E-state index in [0.29, 0.717) is 24.4 Å². The minimum absolute atomic E-state index is 0.150. The molecule has 1 amide bonds. The van der Waals surface area contributed by atoms with Crippen LogP contribution in [0.2, 0.25) is 0 Å². The number of hydrogen-bond acceptors (Lipinski definition) is 5. The van der Waals surface area contributed by atoms with Crippen LogP contribution in [-0.2, 0) is 4.74 Å². The van der Waals surface area contributed by atoms with Gasteiger partial charge < -0.3 is 15.4 Å². The van der Waals surface area contributed by atoms with Gasteiger partial charge in [0.1, 0.15) is 11.5 Å². The standard InChI is InChI=1S/C18H20FN3O4/c1-12(13-4-3-5-15(19)10-13)21-18(23)14-6-7-16(20-8-9-26-2)17(11-14)22(24)25/h3-7,10-12,20H,8-9H2,1-2H3,(H,21,23). The Morgan fingerprint density at radius 2 is 2.08 bits per heavy atom. The van der Waals surface area contributed by atoms with E-state index >= 15 is 0 Å². The van der Waals surface area contributed by atoms with Gasteiger partial charge >= 0.3 is 0 Å². The van der Waals surface area contributed by atoms with E-state index < -0.39 is 22.7 Å². The Balaban J connectivity index is 2.15. The summed E-state index contributed by atoms with van der Waals surface area (Å²) in [5.74, 6) is -0.876. The van der Waals surface area contributed by atoms with Gasteiger partial charge in [-0.1, -0.05) is 12.1 Å². The Hall–Kier alpha value is -3.00. The molecule has 0 aliphatic carbocycles. The number of methoxy groups -OCH3 is 1. The number of nitrogens with one attached hydrogen (secondary N) is 2. The lowest BCUT2D eigenvalue weighted by Gasteiger charge is -2.15. The van der Waals surface area contributed by atoms with Gasteiger partial charge in [0.05, 0.1) is 17.6 Å². The number of benzene rings is 2. The van der Waals surface area contributed by atoms with Crippen LogP contribution in [0.4, 0.5) is 15.8 Å². The van der Waals surface area contributed by atoms with E-state index in [-0.39, 0.29) is 11.3 Å². The van der Waals surface area contributed by atoms with Gasteiger partial charge in [-0.25, -0.2) is 4.39 Å². The second kappa shape index (κ2) is 8.91. The van der Waals surface area contributed by atoms with Crippen LogP contribution in [0.3, 0.4) is 0 Å². The summed E-state index contributed by atoms with van der Waals surface area (Å²) < 4.78 is 18.2. The zero-order chi connectivity index (χ0) is 19.1. The molecule has 2 N–H and O–H groups in total. The summed E-state index contributed by atoms with van der Waals surface area (Å²) >= 11 is 0. The molecule has 0 aromatic heterocycles. The number of carbonyl (C=O) groups excluding carboxylic acids is 1. The zero-order valence-corrected chi connectivity index (χ0v) is 14.5. The molecule has 2 aromatic carbocycles. The van der Waals surface area contributed by atoms with Crippen LogP contribution in [0.1, 0.15) is 28.9 Å². The summed E-state index contributed by atoms with van der Waals surface area (Å²) in [5, 5.41) is 16.9. The molecule has 0 radical (unpaired) electrons. The number of nitro benzene ring substituents is 1. The number of nitro groups is 1. The highest BCUT2D eigenvalue weighted by atomic mass is 19.1. The molecule has 0 spiro atoms. The van der Waals surface area contributed by atoms with Crippen molar-refractivity contribution in [3.8, 4) is 0 Å². The summed E-state index contributed by atoms with van der Waals surface area (Å²) in [7, 11) is 1.53. The highest BCUT2D eigenvalue weighted by Gasteiger charge is 2.19. The zero-order valence-electron chi connectivity index (χ0n) is 14.5. The van der Waals surface area contributed by atoms with E-state index in [2.05, 4.69) is 10.6 Å². The second-order valence-electron chi connectivity index (χ2n) is 5.66. The second-order valence-corrected chi connectivity index (χ2v) is 5.66. The van der Waals surface area contributed by atoms with Gasteiger partial charge in [-0.2, -0.15) is 0 Å². The van der Waals surface area contributed by atoms with Gasteiger partial charge in [0.2, 0.25) is 0 Å². The lowest BCUT2D eigenvalue weighted by Crippen LogP contribution is -2.26. The van der Waals surface area contributed by atoms with E-state index in [9.17, 15) is 19.3 Å². The molecule has 0 fully saturated rings. The third kappa shape index (κ3) is 5.00. The normalized spacial score (nSPS) is 11.7. The van der Waals surface area contributed by atoms with Crippen molar-refractivity contribution in [1.29, 1.82) is 0 Å². The Morgan fingerprint density at radius 3 is 2.73 bits per heavy atom. The molecule has 7 nitrogen and oxygen atoms in total. The number of nitrogens with zero attached hydrogens (tertiary/aromatic N) is 1. The fourth-order valence-electron chi connectivity index (χ4n) is 2.40. The van der Waals surface area contributed by atoms with Crippen molar-refractivity contribution in [2.24, 2.45) is 0 Å². The van der Waals surface area contributed by atoms with Crippen LogP contribution < -0.4 is 10.6 Å². The Kier molecular flexibility index (Phi) is 6.62. The first kappa shape index (κ1) is 19.3. The number of hydrogen-bond donors (Lipinski definition) is 2. The van der Waals surface area contributed by atoms with Crippen molar-refractivity contribution in [1.82, 2.24) is 5.32 Å². The van der Waals surface area contributed by atoms with Gasteiger partial charge in [0, 0.05) is 25.3 Å². The molecule has 0 heterocycles. The first-order chi connectivity index (χ1) is 12.4. The van der Waals surface area contributed by atoms with Crippen LogP contribution in [0.25, 0.3) is 0 Å².